The van der Waals surface area contributed by atoms with Crippen molar-refractivity contribution >= 4 is 23.6 Å². The summed E-state index contributed by atoms with van der Waals surface area (Å²) >= 11 is 5.95. The highest BCUT2D eigenvalue weighted by molar-refractivity contribution is 6.30. The molecule has 180 valence electrons. The van der Waals surface area contributed by atoms with Crippen molar-refractivity contribution in [3.8, 4) is 6.19 Å². The Morgan fingerprint density at radius 2 is 1.69 bits per heavy atom. The van der Waals surface area contributed by atoms with Crippen LogP contribution in [0.3, 0.4) is 0 Å². The molecule has 0 spiro atoms. The van der Waals surface area contributed by atoms with E-state index < -0.39 is 23.9 Å². The Morgan fingerprint density at radius 3 is 2.31 bits per heavy atom. The molecule has 0 aromatic heterocycles. The maximum atomic E-state index is 14.2. The molecular weight excluding hydrogens is 471 g/mol. The third-order valence-corrected chi connectivity index (χ3v) is 5.45. The first-order chi connectivity index (χ1) is 16.9. The van der Waals surface area contributed by atoms with E-state index in [1.807, 2.05) is 66.9 Å². The number of ether oxygens (including phenoxy) is 1. The van der Waals surface area contributed by atoms with E-state index in [-0.39, 0.29) is 25.1 Å². The van der Waals surface area contributed by atoms with Gasteiger partial charge in [-0.3, -0.25) is 4.79 Å². The third kappa shape index (κ3) is 7.45. The first-order valence-corrected chi connectivity index (χ1v) is 11.1. The van der Waals surface area contributed by atoms with Crippen LogP contribution in [-0.4, -0.2) is 35.1 Å². The number of nitrogens with one attached hydrogen (secondary N) is 1. The number of rotatable bonds is 9. The highest BCUT2D eigenvalue weighted by atomic mass is 35.5. The van der Waals surface area contributed by atoms with E-state index in [4.69, 9.17) is 16.3 Å². The number of carbonyl (C=O) groups excluding carboxylic acids is 2. The number of hydrogen-bond donors (Lipinski definition) is 1. The summed E-state index contributed by atoms with van der Waals surface area (Å²) in [7, 11) is 1.38. The molecule has 0 fully saturated rings. The van der Waals surface area contributed by atoms with E-state index >= 15 is 0 Å². The second-order valence-electron chi connectivity index (χ2n) is 7.70. The number of alkyl carbamates (subject to hydrolysis) is 1. The van der Waals surface area contributed by atoms with E-state index in [2.05, 4.69) is 5.32 Å². The van der Waals surface area contributed by atoms with Gasteiger partial charge in [-0.25, -0.2) is 19.2 Å². The molecule has 0 aliphatic carbocycles. The number of halogens is 2. The van der Waals surface area contributed by atoms with Crippen LogP contribution in [0.2, 0.25) is 5.02 Å². The van der Waals surface area contributed by atoms with Gasteiger partial charge in [0.15, 0.2) is 6.19 Å². The number of nitrogens with zero attached hydrogens (tertiary/aromatic N) is 3. The summed E-state index contributed by atoms with van der Waals surface area (Å²) in [4.78, 5) is 25.9. The van der Waals surface area contributed by atoms with Crippen molar-refractivity contribution in [3.63, 3.8) is 0 Å². The molecule has 0 saturated heterocycles. The summed E-state index contributed by atoms with van der Waals surface area (Å²) in [5.41, 5.74) is 1.74. The Hall–Kier alpha value is -4.09. The van der Waals surface area contributed by atoms with Gasteiger partial charge in [0.2, 0.25) is 0 Å². The molecular formula is C26H24ClFN4O3. The molecule has 0 bridgehead atoms. The van der Waals surface area contributed by atoms with Crippen molar-refractivity contribution in [2.75, 3.05) is 7.05 Å². The van der Waals surface area contributed by atoms with Gasteiger partial charge in [0.25, 0.3) is 5.91 Å². The minimum absolute atomic E-state index is 0.0348. The number of amides is 2. The standard InChI is InChI=1S/C26H24ClFN4O3/c1-31(32(18-29)16-21-15-22(27)12-13-23(21)28)25(33)24(14-19-8-4-2-5-9-19)30-26(34)35-17-20-10-6-3-7-11-20/h2-13,15,24H,14,16-17H2,1H3,(H,30,34)/t24-/m0/s1. The minimum atomic E-state index is -1.04. The lowest BCUT2D eigenvalue weighted by molar-refractivity contribution is -0.144. The van der Waals surface area contributed by atoms with Crippen LogP contribution in [0.1, 0.15) is 16.7 Å². The van der Waals surface area contributed by atoms with Crippen molar-refractivity contribution < 1.29 is 18.7 Å². The Balaban J connectivity index is 1.74. The van der Waals surface area contributed by atoms with E-state index in [1.54, 1.807) is 0 Å². The first kappa shape index (κ1) is 25.5. The smallest absolute Gasteiger partial charge is 0.408 e. The molecule has 35 heavy (non-hydrogen) atoms. The van der Waals surface area contributed by atoms with Gasteiger partial charge < -0.3 is 10.1 Å². The molecule has 1 N–H and O–H groups in total. The Morgan fingerprint density at radius 1 is 1.06 bits per heavy atom. The summed E-state index contributed by atoms with van der Waals surface area (Å²) < 4.78 is 19.5. The largest absolute Gasteiger partial charge is 0.445 e. The lowest BCUT2D eigenvalue weighted by Crippen LogP contribution is -2.52. The quantitative estimate of drug-likeness (QED) is 0.265. The van der Waals surface area contributed by atoms with Gasteiger partial charge in [0.1, 0.15) is 18.5 Å². The van der Waals surface area contributed by atoms with Crippen LogP contribution in [0.25, 0.3) is 0 Å². The van der Waals surface area contributed by atoms with Gasteiger partial charge >= 0.3 is 6.09 Å². The average Bonchev–Trinajstić information content (AvgIpc) is 2.88. The molecule has 0 saturated carbocycles. The maximum Gasteiger partial charge on any atom is 0.408 e. The second kappa shape index (κ2) is 12.4. The van der Waals surface area contributed by atoms with Gasteiger partial charge in [-0.2, -0.15) is 5.26 Å². The monoisotopic (exact) mass is 494 g/mol. The molecule has 2 amide bonds. The van der Waals surface area contributed by atoms with Gasteiger partial charge in [0.05, 0.1) is 6.54 Å². The Kier molecular flexibility index (Phi) is 9.04. The number of nitriles is 1. The molecule has 0 radical (unpaired) electrons. The second-order valence-corrected chi connectivity index (χ2v) is 8.14. The summed E-state index contributed by atoms with van der Waals surface area (Å²) in [5, 5.41) is 14.6. The average molecular weight is 495 g/mol. The predicted molar refractivity (Wildman–Crippen MR) is 129 cm³/mol. The van der Waals surface area contributed by atoms with Gasteiger partial charge in [-0.15, -0.1) is 0 Å². The van der Waals surface area contributed by atoms with Crippen LogP contribution in [-0.2, 0) is 29.1 Å². The minimum Gasteiger partial charge on any atom is -0.445 e. The van der Waals surface area contributed by atoms with Crippen LogP contribution in [0.5, 0.6) is 0 Å². The molecule has 3 rings (SSSR count). The highest BCUT2D eigenvalue weighted by Gasteiger charge is 2.28. The van der Waals surface area contributed by atoms with Crippen LogP contribution >= 0.6 is 11.6 Å². The Bertz CT molecular complexity index is 1190. The van der Waals surface area contributed by atoms with Gasteiger partial charge in [-0.05, 0) is 29.3 Å². The fraction of sp³-hybridized carbons (Fsp3) is 0.192. The molecule has 3 aromatic carbocycles. The first-order valence-electron chi connectivity index (χ1n) is 10.8. The van der Waals surface area contributed by atoms with E-state index in [0.29, 0.717) is 5.02 Å². The van der Waals surface area contributed by atoms with Crippen LogP contribution in [0.15, 0.2) is 78.9 Å². The number of benzene rings is 3. The molecule has 0 aliphatic rings. The summed E-state index contributed by atoms with van der Waals surface area (Å²) in [6.07, 6.45) is 1.27. The molecule has 0 heterocycles. The van der Waals surface area contributed by atoms with Crippen LogP contribution < -0.4 is 5.32 Å². The molecule has 0 aliphatic heterocycles. The van der Waals surface area contributed by atoms with E-state index in [0.717, 1.165) is 21.1 Å². The Labute approximate surface area is 208 Å². The topological polar surface area (TPSA) is 85.7 Å². The molecule has 0 unspecified atom stereocenters. The summed E-state index contributed by atoms with van der Waals surface area (Å²) in [5.74, 6) is -1.13. The van der Waals surface area contributed by atoms with Crippen molar-refractivity contribution in [2.45, 2.75) is 25.6 Å². The van der Waals surface area contributed by atoms with Crippen molar-refractivity contribution in [3.05, 3.63) is 106 Å². The lowest BCUT2D eigenvalue weighted by Gasteiger charge is -2.30. The van der Waals surface area contributed by atoms with Gasteiger partial charge in [0, 0.05) is 24.1 Å². The van der Waals surface area contributed by atoms with Crippen LogP contribution in [0, 0.1) is 17.3 Å². The molecule has 9 heteroatoms. The van der Waals surface area contributed by atoms with Crippen LogP contribution in [0.4, 0.5) is 9.18 Å². The molecule has 3 aromatic rings. The SMILES string of the molecule is CN(C(=O)[C@H](Cc1ccccc1)NC(=O)OCc1ccccc1)N(C#N)Cc1cc(Cl)ccc1F. The van der Waals surface area contributed by atoms with Crippen molar-refractivity contribution in [1.82, 2.24) is 15.3 Å². The number of carbonyl (C=O) groups is 2. The normalized spacial score (nSPS) is 11.1. The summed E-state index contributed by atoms with van der Waals surface area (Å²) in [6, 6.07) is 21.2. The number of hydrazine groups is 1. The third-order valence-electron chi connectivity index (χ3n) is 5.21. The van der Waals surface area contributed by atoms with Crippen molar-refractivity contribution in [2.24, 2.45) is 0 Å². The van der Waals surface area contributed by atoms with E-state index in [9.17, 15) is 19.2 Å². The summed E-state index contributed by atoms with van der Waals surface area (Å²) in [6.45, 7) is -0.186. The zero-order valence-electron chi connectivity index (χ0n) is 19.0. The highest BCUT2D eigenvalue weighted by Crippen LogP contribution is 2.18. The van der Waals surface area contributed by atoms with E-state index in [1.165, 1.54) is 25.2 Å². The predicted octanol–water partition coefficient (Wildman–Crippen LogP) is 4.67. The number of likely N-dealkylation sites (N-methyl/N-ethyl adjacent to an activating group) is 1. The molecule has 7 nitrogen and oxygen atoms in total. The fourth-order valence-electron chi connectivity index (χ4n) is 3.34. The lowest BCUT2D eigenvalue weighted by atomic mass is 10.1. The maximum absolute atomic E-state index is 14.2. The van der Waals surface area contributed by atoms with Gasteiger partial charge in [-0.1, -0.05) is 72.3 Å². The number of hydrogen-bond acceptors (Lipinski definition) is 5. The zero-order valence-corrected chi connectivity index (χ0v) is 19.8. The fourth-order valence-corrected chi connectivity index (χ4v) is 3.53. The molecule has 1 atom stereocenters. The van der Waals surface area contributed by atoms with Crippen molar-refractivity contribution in [1.29, 1.82) is 5.26 Å². The zero-order chi connectivity index (χ0) is 25.2.